The molecule has 0 unspecified atom stereocenters. The number of carbonyl (C=O) groups excluding carboxylic acids is 2. The minimum absolute atomic E-state index is 0.0152. The van der Waals surface area contributed by atoms with Gasteiger partial charge in [0, 0.05) is 27.7 Å². The van der Waals surface area contributed by atoms with E-state index in [0.29, 0.717) is 33.7 Å². The van der Waals surface area contributed by atoms with Gasteiger partial charge in [-0.3, -0.25) is 13.9 Å². The number of halogens is 2. The molecule has 1 atom stereocenters. The molecule has 3 aromatic carbocycles. The fraction of sp³-hybridized carbons (Fsp3) is 0.355. The molecule has 0 bridgehead atoms. The Morgan fingerprint density at radius 2 is 1.52 bits per heavy atom. The molecule has 42 heavy (non-hydrogen) atoms. The van der Waals surface area contributed by atoms with Crippen molar-refractivity contribution in [3.05, 3.63) is 87.9 Å². The number of aryl methyl sites for hydroxylation is 1. The minimum Gasteiger partial charge on any atom is -0.494 e. The van der Waals surface area contributed by atoms with Crippen LogP contribution in [0.3, 0.4) is 0 Å². The Hall–Kier alpha value is -3.27. The Morgan fingerprint density at radius 3 is 2.05 bits per heavy atom. The quantitative estimate of drug-likeness (QED) is 0.270. The molecule has 8 nitrogen and oxygen atoms in total. The van der Waals surface area contributed by atoms with Gasteiger partial charge in [0.25, 0.3) is 10.0 Å². The maximum absolute atomic E-state index is 14.1. The highest BCUT2D eigenvalue weighted by Crippen LogP contribution is 2.29. The molecule has 0 aromatic heterocycles. The van der Waals surface area contributed by atoms with Crippen molar-refractivity contribution in [2.45, 2.75) is 64.6 Å². The van der Waals surface area contributed by atoms with Crippen molar-refractivity contribution in [2.24, 2.45) is 0 Å². The van der Waals surface area contributed by atoms with Crippen LogP contribution < -0.4 is 14.4 Å². The number of rotatable bonds is 11. The topological polar surface area (TPSA) is 96.0 Å². The fourth-order valence-electron chi connectivity index (χ4n) is 4.15. The van der Waals surface area contributed by atoms with Gasteiger partial charge in [-0.05, 0) is 90.1 Å². The van der Waals surface area contributed by atoms with Gasteiger partial charge in [-0.25, -0.2) is 8.42 Å². The van der Waals surface area contributed by atoms with Crippen LogP contribution in [-0.2, 0) is 26.2 Å². The van der Waals surface area contributed by atoms with Crippen molar-refractivity contribution in [2.75, 3.05) is 17.5 Å². The third kappa shape index (κ3) is 8.40. The van der Waals surface area contributed by atoms with Gasteiger partial charge >= 0.3 is 0 Å². The largest absolute Gasteiger partial charge is 0.494 e. The van der Waals surface area contributed by atoms with Gasteiger partial charge in [0.05, 0.1) is 17.2 Å². The Kier molecular flexibility index (Phi) is 10.9. The number of carbonyl (C=O) groups is 2. The maximum atomic E-state index is 14.1. The highest BCUT2D eigenvalue weighted by Gasteiger charge is 2.34. The SMILES string of the molecule is CCOc1ccc(S(=O)(=O)N(CC(=O)N(Cc2c(Cl)cccc2Cl)[C@@H](C)C(=O)NC(C)(C)C)c2ccc(C)cc2)cc1. The third-order valence-electron chi connectivity index (χ3n) is 6.38. The van der Waals surface area contributed by atoms with Gasteiger partial charge in [-0.1, -0.05) is 47.0 Å². The summed E-state index contributed by atoms with van der Waals surface area (Å²) in [5.41, 5.74) is 1.10. The summed E-state index contributed by atoms with van der Waals surface area (Å²) >= 11 is 12.9. The molecule has 0 saturated heterocycles. The van der Waals surface area contributed by atoms with Crippen molar-refractivity contribution in [1.29, 1.82) is 0 Å². The van der Waals surface area contributed by atoms with Crippen LogP contribution in [0.15, 0.2) is 71.6 Å². The monoisotopic (exact) mass is 633 g/mol. The summed E-state index contributed by atoms with van der Waals surface area (Å²) < 4.78 is 34.5. The van der Waals surface area contributed by atoms with Crippen LogP contribution in [0.25, 0.3) is 0 Å². The molecular weight excluding hydrogens is 597 g/mol. The molecule has 0 aliphatic carbocycles. The van der Waals surface area contributed by atoms with E-state index in [-0.39, 0.29) is 11.4 Å². The zero-order chi connectivity index (χ0) is 31.2. The lowest BCUT2D eigenvalue weighted by Gasteiger charge is -2.34. The standard InChI is InChI=1S/C31H37Cl2N3O5S/c1-7-41-24-15-17-25(18-16-24)42(39,40)36(23-13-11-21(2)12-14-23)20-29(37)35(22(3)30(38)34-31(4,5)6)19-26-27(32)9-8-10-28(26)33/h8-18,22H,7,19-20H2,1-6H3,(H,34,38)/t22-/m0/s1. The number of hydrogen-bond acceptors (Lipinski definition) is 5. The fourth-order valence-corrected chi connectivity index (χ4v) is 6.08. The molecule has 0 spiro atoms. The zero-order valence-corrected chi connectivity index (χ0v) is 27.0. The van der Waals surface area contributed by atoms with Crippen molar-refractivity contribution < 1.29 is 22.7 Å². The Morgan fingerprint density at radius 1 is 0.952 bits per heavy atom. The Bertz CT molecular complexity index is 1480. The molecule has 0 saturated carbocycles. The van der Waals surface area contributed by atoms with Gasteiger partial charge in [-0.2, -0.15) is 0 Å². The summed E-state index contributed by atoms with van der Waals surface area (Å²) in [6, 6.07) is 16.8. The average molecular weight is 635 g/mol. The van der Waals surface area contributed by atoms with E-state index in [1.807, 2.05) is 34.6 Å². The molecule has 3 aromatic rings. The van der Waals surface area contributed by atoms with Crippen LogP contribution in [0.5, 0.6) is 5.75 Å². The van der Waals surface area contributed by atoms with Crippen LogP contribution in [0, 0.1) is 6.92 Å². The maximum Gasteiger partial charge on any atom is 0.264 e. The summed E-state index contributed by atoms with van der Waals surface area (Å²) in [4.78, 5) is 28.6. The second-order valence-electron chi connectivity index (χ2n) is 10.9. The summed E-state index contributed by atoms with van der Waals surface area (Å²) in [5, 5.41) is 3.53. The van der Waals surface area contributed by atoms with E-state index in [2.05, 4.69) is 5.32 Å². The highest BCUT2D eigenvalue weighted by molar-refractivity contribution is 7.92. The number of sulfonamides is 1. The van der Waals surface area contributed by atoms with E-state index in [0.717, 1.165) is 9.87 Å². The first-order valence-corrected chi connectivity index (χ1v) is 15.7. The van der Waals surface area contributed by atoms with Crippen molar-refractivity contribution >= 4 is 50.7 Å². The lowest BCUT2D eigenvalue weighted by molar-refractivity contribution is -0.140. The van der Waals surface area contributed by atoms with Crippen LogP contribution in [0.4, 0.5) is 5.69 Å². The van der Waals surface area contributed by atoms with E-state index in [1.54, 1.807) is 61.5 Å². The van der Waals surface area contributed by atoms with Gasteiger partial charge in [0.2, 0.25) is 11.8 Å². The van der Waals surface area contributed by atoms with E-state index in [1.165, 1.54) is 17.0 Å². The molecule has 0 heterocycles. The van der Waals surface area contributed by atoms with Crippen LogP contribution in [0.1, 0.15) is 45.7 Å². The van der Waals surface area contributed by atoms with Crippen molar-refractivity contribution in [3.8, 4) is 5.75 Å². The summed E-state index contributed by atoms with van der Waals surface area (Å²) in [7, 11) is -4.21. The first-order chi connectivity index (χ1) is 19.6. The van der Waals surface area contributed by atoms with E-state index in [4.69, 9.17) is 27.9 Å². The molecule has 1 N–H and O–H groups in total. The summed E-state index contributed by atoms with van der Waals surface area (Å²) in [6.45, 7) is 10.5. The first kappa shape index (κ1) is 33.2. The summed E-state index contributed by atoms with van der Waals surface area (Å²) in [5.74, 6) is -0.496. The predicted molar refractivity (Wildman–Crippen MR) is 168 cm³/mol. The van der Waals surface area contributed by atoms with Crippen LogP contribution in [0.2, 0.25) is 10.0 Å². The average Bonchev–Trinajstić information content (AvgIpc) is 2.91. The molecule has 0 aliphatic heterocycles. The molecule has 2 amide bonds. The molecule has 0 fully saturated rings. The highest BCUT2D eigenvalue weighted by atomic mass is 35.5. The zero-order valence-electron chi connectivity index (χ0n) is 24.6. The van der Waals surface area contributed by atoms with Gasteiger partial charge < -0.3 is 15.0 Å². The number of anilines is 1. The van der Waals surface area contributed by atoms with E-state index < -0.39 is 40.0 Å². The van der Waals surface area contributed by atoms with Crippen LogP contribution >= 0.6 is 23.2 Å². The number of ether oxygens (including phenoxy) is 1. The minimum atomic E-state index is -4.21. The Balaban J connectivity index is 2.06. The van der Waals surface area contributed by atoms with E-state index >= 15 is 0 Å². The second kappa shape index (κ2) is 13.8. The van der Waals surface area contributed by atoms with Crippen molar-refractivity contribution in [3.63, 3.8) is 0 Å². The molecule has 0 aliphatic rings. The number of hydrogen-bond donors (Lipinski definition) is 1. The number of amides is 2. The van der Waals surface area contributed by atoms with Gasteiger partial charge in [0.15, 0.2) is 0 Å². The lowest BCUT2D eigenvalue weighted by atomic mass is 10.1. The molecule has 0 radical (unpaired) electrons. The summed E-state index contributed by atoms with van der Waals surface area (Å²) in [6.07, 6.45) is 0. The number of nitrogens with zero attached hydrogens (tertiary/aromatic N) is 2. The molecule has 226 valence electrons. The number of benzene rings is 3. The van der Waals surface area contributed by atoms with Crippen LogP contribution in [-0.4, -0.2) is 49.9 Å². The van der Waals surface area contributed by atoms with Crippen molar-refractivity contribution in [1.82, 2.24) is 10.2 Å². The molecule has 3 rings (SSSR count). The molecular formula is C31H37Cl2N3O5S. The Labute approximate surface area is 258 Å². The van der Waals surface area contributed by atoms with Gasteiger partial charge in [0.1, 0.15) is 18.3 Å². The molecule has 11 heteroatoms. The third-order valence-corrected chi connectivity index (χ3v) is 8.88. The van der Waals surface area contributed by atoms with E-state index in [9.17, 15) is 18.0 Å². The predicted octanol–water partition coefficient (Wildman–Crippen LogP) is 6.23. The smallest absolute Gasteiger partial charge is 0.264 e. The second-order valence-corrected chi connectivity index (χ2v) is 13.6. The van der Waals surface area contributed by atoms with Gasteiger partial charge in [-0.15, -0.1) is 0 Å². The number of nitrogens with one attached hydrogen (secondary N) is 1. The lowest BCUT2D eigenvalue weighted by Crippen LogP contribution is -2.54. The normalized spacial score (nSPS) is 12.4. The first-order valence-electron chi connectivity index (χ1n) is 13.5.